The molecule has 300 valence electrons. The number of nitrogens with one attached hydrogen (secondary N) is 6. The van der Waals surface area contributed by atoms with Gasteiger partial charge in [-0.05, 0) is 59.7 Å². The van der Waals surface area contributed by atoms with E-state index in [1.54, 1.807) is 18.2 Å². The van der Waals surface area contributed by atoms with Crippen LogP contribution in [0.2, 0.25) is 0 Å². The highest BCUT2D eigenvalue weighted by atomic mass is 32.2. The molecule has 0 amide bonds. The first-order valence-electron chi connectivity index (χ1n) is 17.4. The lowest BCUT2D eigenvalue weighted by molar-refractivity contribution is 0.310. The summed E-state index contributed by atoms with van der Waals surface area (Å²) in [4.78, 5) is 25.4. The van der Waals surface area contributed by atoms with Crippen molar-refractivity contribution in [2.45, 2.75) is 9.79 Å². The van der Waals surface area contributed by atoms with E-state index in [0.717, 1.165) is 6.26 Å². The van der Waals surface area contributed by atoms with Gasteiger partial charge in [0, 0.05) is 42.1 Å². The number of hydrogen-bond acceptors (Lipinski definition) is 18. The number of rotatable bonds is 18. The number of aliphatic hydroxyl groups excluding tert-OH is 2. The van der Waals surface area contributed by atoms with Crippen LogP contribution in [0.4, 0.5) is 58.4 Å². The molecule has 0 atom stereocenters. The van der Waals surface area contributed by atoms with Crippen molar-refractivity contribution in [2.24, 2.45) is 0 Å². The number of para-hydroxylation sites is 2. The molecule has 0 saturated carbocycles. The molecule has 2 heterocycles. The van der Waals surface area contributed by atoms with Crippen LogP contribution in [-0.2, 0) is 20.0 Å². The summed E-state index contributed by atoms with van der Waals surface area (Å²) in [7, 11) is -8.66. The molecule has 0 saturated heterocycles. The molecular weight excluding hydrogens is 789 g/mol. The van der Waals surface area contributed by atoms with Crippen LogP contribution in [0.15, 0.2) is 107 Å². The monoisotopic (exact) mass is 826 g/mol. The van der Waals surface area contributed by atoms with Crippen LogP contribution in [0.5, 0.6) is 0 Å². The zero-order chi connectivity index (χ0) is 41.1. The van der Waals surface area contributed by atoms with Gasteiger partial charge in [-0.15, -0.1) is 0 Å². The molecule has 0 aliphatic heterocycles. The van der Waals surface area contributed by atoms with Crippen molar-refractivity contribution in [3.8, 4) is 0 Å². The fourth-order valence-electron chi connectivity index (χ4n) is 5.25. The molecular formula is C37H38N12O7S2. The molecule has 0 radical (unpaired) electrons. The predicted molar refractivity (Wildman–Crippen MR) is 222 cm³/mol. The first-order chi connectivity index (χ1) is 27.9. The quantitative estimate of drug-likeness (QED) is 0.0421. The lowest BCUT2D eigenvalue weighted by Gasteiger charge is -2.13. The first kappa shape index (κ1) is 40.9. The van der Waals surface area contributed by atoms with E-state index in [1.165, 1.54) is 42.5 Å². The smallest absolute Gasteiger partial charge is 0.295 e. The maximum atomic E-state index is 13.0. The Hall–Kier alpha value is -6.78. The number of nitrogens with zero attached hydrogens (tertiary/aromatic N) is 6. The third-order valence-corrected chi connectivity index (χ3v) is 9.84. The molecule has 4 aromatic carbocycles. The van der Waals surface area contributed by atoms with E-state index in [2.05, 4.69) is 61.8 Å². The van der Waals surface area contributed by atoms with Gasteiger partial charge in [0.25, 0.3) is 10.1 Å². The van der Waals surface area contributed by atoms with Gasteiger partial charge in [0.05, 0.1) is 18.1 Å². The third-order valence-electron chi connectivity index (χ3n) is 7.78. The van der Waals surface area contributed by atoms with E-state index in [9.17, 15) is 31.6 Å². The van der Waals surface area contributed by atoms with Crippen LogP contribution in [0.3, 0.4) is 0 Å². The summed E-state index contributed by atoms with van der Waals surface area (Å²) >= 11 is 0. The average Bonchev–Trinajstić information content (AvgIpc) is 3.19. The van der Waals surface area contributed by atoms with Gasteiger partial charge in [-0.2, -0.15) is 38.3 Å². The minimum atomic E-state index is -4.80. The van der Waals surface area contributed by atoms with Gasteiger partial charge in [0.15, 0.2) is 9.84 Å². The number of hydrogen-bond donors (Lipinski definition) is 9. The molecule has 0 spiro atoms. The molecule has 6 aromatic rings. The molecule has 2 aromatic heterocycles. The molecule has 0 bridgehead atoms. The summed E-state index contributed by atoms with van der Waals surface area (Å²) in [5.74, 6) is 0.701. The minimum absolute atomic E-state index is 0.0171. The van der Waals surface area contributed by atoms with Crippen LogP contribution in [0.25, 0.3) is 12.2 Å². The third kappa shape index (κ3) is 11.4. The molecule has 6 rings (SSSR count). The number of aliphatic hydroxyl groups is 2. The van der Waals surface area contributed by atoms with E-state index in [1.807, 2.05) is 48.5 Å². The molecule has 58 heavy (non-hydrogen) atoms. The molecule has 19 nitrogen and oxygen atoms in total. The average molecular weight is 827 g/mol. The normalized spacial score (nSPS) is 11.6. The largest absolute Gasteiger partial charge is 0.395 e. The van der Waals surface area contributed by atoms with Crippen LogP contribution < -0.4 is 31.9 Å². The van der Waals surface area contributed by atoms with Gasteiger partial charge in [-0.3, -0.25) is 4.55 Å². The summed E-state index contributed by atoms with van der Waals surface area (Å²) < 4.78 is 61.5. The fraction of sp³-hybridized carbons (Fsp3) is 0.135. The number of anilines is 10. The number of benzene rings is 4. The molecule has 0 aliphatic rings. The van der Waals surface area contributed by atoms with Crippen LogP contribution in [0, 0.1) is 0 Å². The standard InChI is InChI=1S/C37H38N12O7S2/c1-57(52,53)30-22-28(42-36-46-32(38-18-20-50)44-34(48-36)40-26-8-4-2-5-9-26)16-14-24(30)12-13-25-15-17-29(23-31(25)58(54,55)56)43-37-47-33(39-19-21-51)45-35(49-37)41-27-10-6-3-7-11-27/h2-17,22-23,50-51H,18-21H2,1H3,(H,54,55,56)(H3,38,40,42,44,46,48)(H3,39,41,43,45,47,49)/b13-12+. The summed E-state index contributed by atoms with van der Waals surface area (Å²) in [6.45, 7) is -0.0330. The second-order valence-corrected chi connectivity index (χ2v) is 15.6. The fourth-order valence-corrected chi connectivity index (χ4v) is 6.87. The van der Waals surface area contributed by atoms with E-state index >= 15 is 0 Å². The van der Waals surface area contributed by atoms with Crippen molar-refractivity contribution >= 4 is 90.5 Å². The number of aromatic nitrogens is 6. The maximum Gasteiger partial charge on any atom is 0.295 e. The summed E-state index contributed by atoms with van der Waals surface area (Å²) in [6.07, 6.45) is 3.80. The summed E-state index contributed by atoms with van der Waals surface area (Å²) in [5, 5.41) is 36.4. The highest BCUT2D eigenvalue weighted by Crippen LogP contribution is 2.29. The molecule has 0 unspecified atom stereocenters. The minimum Gasteiger partial charge on any atom is -0.395 e. The van der Waals surface area contributed by atoms with Crippen LogP contribution in [0.1, 0.15) is 11.1 Å². The molecule has 0 fully saturated rings. The summed E-state index contributed by atoms with van der Waals surface area (Å²) in [6, 6.07) is 26.8. The number of sulfone groups is 1. The Morgan fingerprint density at radius 2 is 0.862 bits per heavy atom. The lowest BCUT2D eigenvalue weighted by Crippen LogP contribution is -2.12. The highest BCUT2D eigenvalue weighted by molar-refractivity contribution is 7.90. The first-order valence-corrected chi connectivity index (χ1v) is 20.7. The van der Waals surface area contributed by atoms with Crippen molar-refractivity contribution in [1.29, 1.82) is 0 Å². The topological polar surface area (TPSA) is 278 Å². The molecule has 9 N–H and O–H groups in total. The Morgan fingerprint density at radius 1 is 0.500 bits per heavy atom. The van der Waals surface area contributed by atoms with Gasteiger partial charge in [-0.25, -0.2) is 8.42 Å². The lowest BCUT2D eigenvalue weighted by atomic mass is 10.1. The predicted octanol–water partition coefficient (Wildman–Crippen LogP) is 4.66. The van der Waals surface area contributed by atoms with Crippen molar-refractivity contribution in [2.75, 3.05) is 64.5 Å². The van der Waals surface area contributed by atoms with Gasteiger partial charge in [-0.1, -0.05) is 60.7 Å². The van der Waals surface area contributed by atoms with Crippen molar-refractivity contribution < 1.29 is 31.6 Å². The highest BCUT2D eigenvalue weighted by Gasteiger charge is 2.18. The Morgan fingerprint density at radius 3 is 1.24 bits per heavy atom. The van der Waals surface area contributed by atoms with E-state index < -0.39 is 24.9 Å². The maximum absolute atomic E-state index is 13.0. The van der Waals surface area contributed by atoms with E-state index in [-0.39, 0.29) is 83.7 Å². The van der Waals surface area contributed by atoms with Gasteiger partial charge < -0.3 is 42.1 Å². The zero-order valence-corrected chi connectivity index (χ0v) is 32.3. The van der Waals surface area contributed by atoms with Crippen molar-refractivity contribution in [1.82, 2.24) is 29.9 Å². The van der Waals surface area contributed by atoms with E-state index in [4.69, 9.17) is 0 Å². The van der Waals surface area contributed by atoms with Gasteiger partial charge in [0.2, 0.25) is 35.7 Å². The molecule has 0 aliphatic carbocycles. The SMILES string of the molecule is CS(=O)(=O)c1cc(Nc2nc(NCCO)nc(Nc3ccccc3)n2)ccc1/C=C/c1ccc(Nc2nc(NCCO)nc(Nc3ccccc3)n2)cc1S(=O)(=O)O. The van der Waals surface area contributed by atoms with Crippen molar-refractivity contribution in [3.05, 3.63) is 108 Å². The van der Waals surface area contributed by atoms with E-state index in [0.29, 0.717) is 17.1 Å². The second-order valence-electron chi connectivity index (χ2n) is 12.2. The Kier molecular flexibility index (Phi) is 13.0. The van der Waals surface area contributed by atoms with Gasteiger partial charge >= 0.3 is 0 Å². The molecule has 21 heteroatoms. The second kappa shape index (κ2) is 18.4. The Bertz CT molecular complexity index is 2440. The zero-order valence-electron chi connectivity index (χ0n) is 30.7. The van der Waals surface area contributed by atoms with Crippen LogP contribution >= 0.6 is 0 Å². The van der Waals surface area contributed by atoms with Crippen LogP contribution in [-0.4, -0.2) is 94.1 Å². The Labute approximate surface area is 333 Å². The Balaban J connectivity index is 1.27. The summed E-state index contributed by atoms with van der Waals surface area (Å²) in [5.41, 5.74) is 2.17. The van der Waals surface area contributed by atoms with Gasteiger partial charge in [0.1, 0.15) is 4.90 Å². The van der Waals surface area contributed by atoms with Crippen molar-refractivity contribution in [3.63, 3.8) is 0 Å².